The molecule has 0 saturated carbocycles. The van der Waals surface area contributed by atoms with E-state index >= 15 is 0 Å². The van der Waals surface area contributed by atoms with Crippen molar-refractivity contribution in [2.24, 2.45) is 0 Å². The molecule has 6 heteroatoms. The van der Waals surface area contributed by atoms with Crippen molar-refractivity contribution in [3.8, 4) is 5.75 Å². The summed E-state index contributed by atoms with van der Waals surface area (Å²) in [7, 11) is 0. The van der Waals surface area contributed by atoms with Crippen LogP contribution in [0.3, 0.4) is 0 Å². The molecule has 0 heterocycles. The Labute approximate surface area is 101 Å². The second-order valence-corrected chi connectivity index (χ2v) is 4.13. The van der Waals surface area contributed by atoms with E-state index in [2.05, 4.69) is 15.9 Å². The van der Waals surface area contributed by atoms with Gasteiger partial charge in [0.2, 0.25) is 5.75 Å². The summed E-state index contributed by atoms with van der Waals surface area (Å²) in [6, 6.07) is 2.97. The summed E-state index contributed by atoms with van der Waals surface area (Å²) in [5.74, 6) is 0.130. The number of nitro benzene ring substituents is 1. The molecule has 0 aromatic heterocycles. The topological polar surface area (TPSA) is 72.6 Å². The Kier molecular flexibility index (Phi) is 4.26. The number of ether oxygens (including phenoxy) is 1. The van der Waals surface area contributed by atoms with Crippen LogP contribution in [0.1, 0.15) is 25.5 Å². The molecule has 1 aromatic rings. The highest BCUT2D eigenvalue weighted by Crippen LogP contribution is 2.37. The number of aliphatic hydroxyl groups is 1. The summed E-state index contributed by atoms with van der Waals surface area (Å²) in [5, 5.41) is 20.4. The Morgan fingerprint density at radius 1 is 1.62 bits per heavy atom. The summed E-state index contributed by atoms with van der Waals surface area (Å²) < 4.78 is 5.76. The first kappa shape index (κ1) is 12.9. The number of halogens is 1. The van der Waals surface area contributed by atoms with Crippen LogP contribution in [0.15, 0.2) is 16.6 Å². The maximum atomic E-state index is 10.8. The molecule has 0 aliphatic carbocycles. The minimum Gasteiger partial charge on any atom is -0.487 e. The first-order valence-corrected chi connectivity index (χ1v) is 5.55. The first-order chi connectivity index (χ1) is 7.47. The highest BCUT2D eigenvalue weighted by molar-refractivity contribution is 9.10. The molecule has 0 saturated heterocycles. The Bertz CT molecular complexity index is 406. The highest BCUT2D eigenvalue weighted by Gasteiger charge is 2.22. The van der Waals surface area contributed by atoms with Crippen molar-refractivity contribution in [2.45, 2.75) is 20.0 Å². The maximum absolute atomic E-state index is 10.8. The fourth-order valence-corrected chi connectivity index (χ4v) is 1.81. The van der Waals surface area contributed by atoms with E-state index in [9.17, 15) is 15.2 Å². The highest BCUT2D eigenvalue weighted by atomic mass is 79.9. The number of aliphatic hydroxyl groups excluding tert-OH is 1. The molecule has 0 fully saturated rings. The number of benzene rings is 1. The van der Waals surface area contributed by atoms with Crippen molar-refractivity contribution in [1.82, 2.24) is 0 Å². The fraction of sp³-hybridized carbons (Fsp3) is 0.400. The lowest BCUT2D eigenvalue weighted by Crippen LogP contribution is -2.03. The van der Waals surface area contributed by atoms with E-state index in [1.807, 2.05) is 0 Å². The summed E-state index contributed by atoms with van der Waals surface area (Å²) >= 11 is 3.16. The number of hydrogen-bond donors (Lipinski definition) is 1. The normalized spacial score (nSPS) is 12.2. The van der Waals surface area contributed by atoms with Crippen LogP contribution in [0.4, 0.5) is 5.69 Å². The molecule has 1 rings (SSSR count). The lowest BCUT2D eigenvalue weighted by molar-refractivity contribution is -0.386. The zero-order valence-corrected chi connectivity index (χ0v) is 10.5. The Hall–Kier alpha value is -1.14. The summed E-state index contributed by atoms with van der Waals surface area (Å²) in [5.41, 5.74) is 0.259. The van der Waals surface area contributed by atoms with Gasteiger partial charge in [0.05, 0.1) is 17.6 Å². The smallest absolute Gasteiger partial charge is 0.312 e. The monoisotopic (exact) mass is 289 g/mol. The predicted molar refractivity (Wildman–Crippen MR) is 62.6 cm³/mol. The van der Waals surface area contributed by atoms with E-state index in [0.29, 0.717) is 16.6 Å². The molecular weight excluding hydrogens is 278 g/mol. The van der Waals surface area contributed by atoms with Crippen molar-refractivity contribution < 1.29 is 14.8 Å². The SMILES string of the molecule is CCOc1c([C@H](C)O)cc(Br)cc1[N+](=O)[O-]. The van der Waals surface area contributed by atoms with E-state index < -0.39 is 11.0 Å². The molecule has 0 aliphatic rings. The third-order valence-corrected chi connectivity index (χ3v) is 2.46. The van der Waals surface area contributed by atoms with Crippen LogP contribution in [-0.4, -0.2) is 16.6 Å². The van der Waals surface area contributed by atoms with Gasteiger partial charge in [-0.05, 0) is 19.9 Å². The Balaban J connectivity index is 3.41. The molecule has 1 aromatic carbocycles. The van der Waals surface area contributed by atoms with Gasteiger partial charge in [-0.3, -0.25) is 10.1 Å². The predicted octanol–water partition coefficient (Wildman–Crippen LogP) is 2.81. The minimum absolute atomic E-state index is 0.130. The van der Waals surface area contributed by atoms with Gasteiger partial charge in [-0.25, -0.2) is 0 Å². The molecule has 0 spiro atoms. The zero-order chi connectivity index (χ0) is 12.3. The van der Waals surface area contributed by atoms with Crippen LogP contribution in [0.2, 0.25) is 0 Å². The van der Waals surface area contributed by atoms with Crippen LogP contribution < -0.4 is 4.74 Å². The van der Waals surface area contributed by atoms with Gasteiger partial charge < -0.3 is 9.84 Å². The van der Waals surface area contributed by atoms with Crippen molar-refractivity contribution in [2.75, 3.05) is 6.61 Å². The van der Waals surface area contributed by atoms with Gasteiger partial charge in [0.25, 0.3) is 0 Å². The van der Waals surface area contributed by atoms with Crippen LogP contribution in [0, 0.1) is 10.1 Å². The van der Waals surface area contributed by atoms with Gasteiger partial charge in [-0.15, -0.1) is 0 Å². The fourth-order valence-electron chi connectivity index (χ4n) is 1.35. The summed E-state index contributed by atoms with van der Waals surface area (Å²) in [4.78, 5) is 10.3. The molecule has 0 bridgehead atoms. The number of rotatable bonds is 4. The van der Waals surface area contributed by atoms with Crippen LogP contribution in [0.25, 0.3) is 0 Å². The number of nitro groups is 1. The van der Waals surface area contributed by atoms with Gasteiger partial charge in [-0.2, -0.15) is 0 Å². The van der Waals surface area contributed by atoms with Crippen molar-refractivity contribution in [1.29, 1.82) is 0 Å². The second-order valence-electron chi connectivity index (χ2n) is 3.21. The lowest BCUT2D eigenvalue weighted by Gasteiger charge is -2.13. The van der Waals surface area contributed by atoms with Crippen molar-refractivity contribution in [3.05, 3.63) is 32.3 Å². The van der Waals surface area contributed by atoms with Crippen LogP contribution in [0.5, 0.6) is 5.75 Å². The maximum Gasteiger partial charge on any atom is 0.312 e. The second kappa shape index (κ2) is 5.27. The Morgan fingerprint density at radius 3 is 2.69 bits per heavy atom. The first-order valence-electron chi connectivity index (χ1n) is 4.76. The van der Waals surface area contributed by atoms with Crippen molar-refractivity contribution in [3.63, 3.8) is 0 Å². The zero-order valence-electron chi connectivity index (χ0n) is 8.94. The van der Waals surface area contributed by atoms with Gasteiger partial charge in [0.1, 0.15) is 0 Å². The van der Waals surface area contributed by atoms with E-state index in [1.54, 1.807) is 13.0 Å². The van der Waals surface area contributed by atoms with Gasteiger partial charge in [0.15, 0.2) is 0 Å². The average molecular weight is 290 g/mol. The molecular formula is C10H12BrNO4. The quantitative estimate of drug-likeness (QED) is 0.683. The van der Waals surface area contributed by atoms with E-state index in [1.165, 1.54) is 13.0 Å². The molecule has 0 unspecified atom stereocenters. The molecule has 0 aliphatic heterocycles. The molecule has 5 nitrogen and oxygen atoms in total. The molecule has 16 heavy (non-hydrogen) atoms. The Morgan fingerprint density at radius 2 is 2.25 bits per heavy atom. The molecule has 0 radical (unpaired) electrons. The van der Waals surface area contributed by atoms with E-state index in [0.717, 1.165) is 0 Å². The van der Waals surface area contributed by atoms with E-state index in [4.69, 9.17) is 4.74 Å². The van der Waals surface area contributed by atoms with Crippen LogP contribution >= 0.6 is 15.9 Å². The number of nitrogens with zero attached hydrogens (tertiary/aromatic N) is 1. The molecule has 1 N–H and O–H groups in total. The summed E-state index contributed by atoms with van der Waals surface area (Å²) in [6.45, 7) is 3.58. The number of hydrogen-bond acceptors (Lipinski definition) is 4. The van der Waals surface area contributed by atoms with Gasteiger partial charge in [-0.1, -0.05) is 15.9 Å². The van der Waals surface area contributed by atoms with Crippen LogP contribution in [-0.2, 0) is 0 Å². The minimum atomic E-state index is -0.822. The molecule has 1 atom stereocenters. The third kappa shape index (κ3) is 2.70. The summed E-state index contributed by atoms with van der Waals surface area (Å²) in [6.07, 6.45) is -0.822. The van der Waals surface area contributed by atoms with Gasteiger partial charge >= 0.3 is 5.69 Å². The standard InChI is InChI=1S/C10H12BrNO4/c1-3-16-10-8(6(2)13)4-7(11)5-9(10)12(14)15/h4-6,13H,3H2,1-2H3/t6-/m0/s1. The van der Waals surface area contributed by atoms with E-state index in [-0.39, 0.29) is 11.4 Å². The van der Waals surface area contributed by atoms with Crippen molar-refractivity contribution >= 4 is 21.6 Å². The average Bonchev–Trinajstić information content (AvgIpc) is 2.19. The molecule has 88 valence electrons. The largest absolute Gasteiger partial charge is 0.487 e. The molecule has 0 amide bonds. The lowest BCUT2D eigenvalue weighted by atomic mass is 10.1. The van der Waals surface area contributed by atoms with Gasteiger partial charge in [0, 0.05) is 16.1 Å². The third-order valence-electron chi connectivity index (χ3n) is 2.00.